The Kier molecular flexibility index (Phi) is 7.46. The van der Waals surface area contributed by atoms with Crippen LogP contribution in [0.4, 0.5) is 5.69 Å². The molecule has 2 N–H and O–H groups in total. The SMILES string of the molecule is CCNC(=NCc1ccc(N2CC=CC2)cc1)NCCCOC. The Balaban J connectivity index is 1.85. The summed E-state index contributed by atoms with van der Waals surface area (Å²) in [6.07, 6.45) is 5.38. The van der Waals surface area contributed by atoms with Gasteiger partial charge in [-0.05, 0) is 31.0 Å². The monoisotopic (exact) mass is 316 g/mol. The minimum absolute atomic E-state index is 0.679. The molecule has 23 heavy (non-hydrogen) atoms. The summed E-state index contributed by atoms with van der Waals surface area (Å²) in [5.74, 6) is 0.858. The molecule has 0 radical (unpaired) electrons. The molecule has 1 aliphatic rings. The van der Waals surface area contributed by atoms with Gasteiger partial charge in [-0.3, -0.25) is 0 Å². The lowest BCUT2D eigenvalue weighted by molar-refractivity contribution is 0.195. The molecular formula is C18H28N4O. The molecule has 0 amide bonds. The van der Waals surface area contributed by atoms with Crippen LogP contribution < -0.4 is 15.5 Å². The zero-order valence-corrected chi connectivity index (χ0v) is 14.2. The first-order chi connectivity index (χ1) is 11.3. The number of guanidine groups is 1. The Morgan fingerprint density at radius 1 is 1.17 bits per heavy atom. The molecule has 1 aromatic carbocycles. The van der Waals surface area contributed by atoms with Gasteiger partial charge in [-0.1, -0.05) is 24.3 Å². The Morgan fingerprint density at radius 2 is 1.91 bits per heavy atom. The Labute approximate surface area is 139 Å². The van der Waals surface area contributed by atoms with E-state index >= 15 is 0 Å². The molecule has 0 aromatic heterocycles. The van der Waals surface area contributed by atoms with Crippen molar-refractivity contribution in [2.24, 2.45) is 4.99 Å². The van der Waals surface area contributed by atoms with Crippen LogP contribution in [0.15, 0.2) is 41.4 Å². The van der Waals surface area contributed by atoms with E-state index in [1.54, 1.807) is 7.11 Å². The van der Waals surface area contributed by atoms with Gasteiger partial charge in [0.25, 0.3) is 0 Å². The number of aliphatic imine (C=N–C) groups is 1. The molecule has 1 aliphatic heterocycles. The number of hydrogen-bond donors (Lipinski definition) is 2. The Morgan fingerprint density at radius 3 is 2.57 bits per heavy atom. The fraction of sp³-hybridized carbons (Fsp3) is 0.500. The quantitative estimate of drug-likeness (QED) is 0.334. The molecule has 5 heteroatoms. The molecule has 2 rings (SSSR count). The third kappa shape index (κ3) is 5.94. The first kappa shape index (κ1) is 17.3. The van der Waals surface area contributed by atoms with E-state index in [0.717, 1.165) is 45.2 Å². The second-order valence-corrected chi connectivity index (χ2v) is 5.51. The molecule has 0 fully saturated rings. The third-order valence-corrected chi connectivity index (χ3v) is 3.70. The number of rotatable bonds is 8. The summed E-state index contributed by atoms with van der Waals surface area (Å²) >= 11 is 0. The van der Waals surface area contributed by atoms with E-state index < -0.39 is 0 Å². The van der Waals surface area contributed by atoms with Crippen molar-refractivity contribution in [1.29, 1.82) is 0 Å². The van der Waals surface area contributed by atoms with E-state index in [0.29, 0.717) is 6.54 Å². The number of methoxy groups -OCH3 is 1. The third-order valence-electron chi connectivity index (χ3n) is 3.70. The summed E-state index contributed by atoms with van der Waals surface area (Å²) in [6, 6.07) is 8.67. The fourth-order valence-electron chi connectivity index (χ4n) is 2.44. The highest BCUT2D eigenvalue weighted by molar-refractivity contribution is 5.79. The molecule has 0 spiro atoms. The lowest BCUT2D eigenvalue weighted by atomic mass is 10.2. The van der Waals surface area contributed by atoms with Crippen LogP contribution in [0.3, 0.4) is 0 Å². The maximum atomic E-state index is 5.06. The van der Waals surface area contributed by atoms with Crippen molar-refractivity contribution >= 4 is 11.6 Å². The van der Waals surface area contributed by atoms with Crippen molar-refractivity contribution in [3.63, 3.8) is 0 Å². The maximum Gasteiger partial charge on any atom is 0.191 e. The van der Waals surface area contributed by atoms with Gasteiger partial charge in [-0.25, -0.2) is 4.99 Å². The van der Waals surface area contributed by atoms with E-state index in [-0.39, 0.29) is 0 Å². The molecule has 0 atom stereocenters. The van der Waals surface area contributed by atoms with Gasteiger partial charge < -0.3 is 20.3 Å². The lowest BCUT2D eigenvalue weighted by Crippen LogP contribution is -2.38. The highest BCUT2D eigenvalue weighted by atomic mass is 16.5. The van der Waals surface area contributed by atoms with Gasteiger partial charge in [-0.15, -0.1) is 0 Å². The van der Waals surface area contributed by atoms with E-state index in [9.17, 15) is 0 Å². The molecule has 0 bridgehead atoms. The molecule has 0 saturated heterocycles. The summed E-state index contributed by atoms with van der Waals surface area (Å²) in [4.78, 5) is 6.98. The van der Waals surface area contributed by atoms with Gasteiger partial charge in [0, 0.05) is 45.6 Å². The highest BCUT2D eigenvalue weighted by Gasteiger charge is 2.06. The molecule has 1 aromatic rings. The summed E-state index contributed by atoms with van der Waals surface area (Å²) < 4.78 is 5.06. The maximum absolute atomic E-state index is 5.06. The van der Waals surface area contributed by atoms with Crippen LogP contribution in [0.5, 0.6) is 0 Å². The van der Waals surface area contributed by atoms with Crippen LogP contribution in [0, 0.1) is 0 Å². The largest absolute Gasteiger partial charge is 0.385 e. The Hall–Kier alpha value is -2.01. The zero-order chi connectivity index (χ0) is 16.3. The highest BCUT2D eigenvalue weighted by Crippen LogP contribution is 2.17. The van der Waals surface area contributed by atoms with Crippen molar-refractivity contribution in [3.8, 4) is 0 Å². The molecule has 0 unspecified atom stereocenters. The van der Waals surface area contributed by atoms with Gasteiger partial charge >= 0.3 is 0 Å². The summed E-state index contributed by atoms with van der Waals surface area (Å²) in [7, 11) is 1.72. The molecule has 0 aliphatic carbocycles. The molecular weight excluding hydrogens is 288 g/mol. The number of hydrogen-bond acceptors (Lipinski definition) is 3. The first-order valence-electron chi connectivity index (χ1n) is 8.33. The lowest BCUT2D eigenvalue weighted by Gasteiger charge is -2.17. The first-order valence-corrected chi connectivity index (χ1v) is 8.33. The normalized spacial score (nSPS) is 14.3. The van der Waals surface area contributed by atoms with Gasteiger partial charge in [0.15, 0.2) is 5.96 Å². The predicted molar refractivity (Wildman–Crippen MR) is 97.1 cm³/mol. The Bertz CT molecular complexity index is 502. The topological polar surface area (TPSA) is 48.9 Å². The number of ether oxygens (including phenoxy) is 1. The van der Waals surface area contributed by atoms with Crippen molar-refractivity contribution in [2.45, 2.75) is 19.9 Å². The van der Waals surface area contributed by atoms with E-state index in [1.807, 2.05) is 0 Å². The fourth-order valence-corrected chi connectivity index (χ4v) is 2.44. The van der Waals surface area contributed by atoms with E-state index in [1.165, 1.54) is 11.3 Å². The van der Waals surface area contributed by atoms with Crippen molar-refractivity contribution in [1.82, 2.24) is 10.6 Å². The van der Waals surface area contributed by atoms with Crippen LogP contribution in [-0.2, 0) is 11.3 Å². The van der Waals surface area contributed by atoms with Crippen molar-refractivity contribution in [3.05, 3.63) is 42.0 Å². The van der Waals surface area contributed by atoms with Crippen LogP contribution >= 0.6 is 0 Å². The molecule has 1 heterocycles. The van der Waals surface area contributed by atoms with Gasteiger partial charge in [-0.2, -0.15) is 0 Å². The minimum atomic E-state index is 0.679. The van der Waals surface area contributed by atoms with E-state index in [4.69, 9.17) is 4.74 Å². The number of anilines is 1. The predicted octanol–water partition coefficient (Wildman–Crippen LogP) is 2.15. The van der Waals surface area contributed by atoms with Crippen molar-refractivity contribution < 1.29 is 4.74 Å². The van der Waals surface area contributed by atoms with Gasteiger partial charge in [0.1, 0.15) is 0 Å². The number of nitrogens with zero attached hydrogens (tertiary/aromatic N) is 2. The second-order valence-electron chi connectivity index (χ2n) is 5.51. The number of benzene rings is 1. The van der Waals surface area contributed by atoms with Gasteiger partial charge in [0.2, 0.25) is 0 Å². The molecule has 126 valence electrons. The van der Waals surface area contributed by atoms with Crippen LogP contribution in [0.1, 0.15) is 18.9 Å². The van der Waals surface area contributed by atoms with E-state index in [2.05, 4.69) is 63.9 Å². The van der Waals surface area contributed by atoms with Crippen LogP contribution in [0.25, 0.3) is 0 Å². The average molecular weight is 316 g/mol. The van der Waals surface area contributed by atoms with Gasteiger partial charge in [0.05, 0.1) is 6.54 Å². The van der Waals surface area contributed by atoms with Crippen molar-refractivity contribution in [2.75, 3.05) is 44.8 Å². The molecule has 0 saturated carbocycles. The standard InChI is InChI=1S/C18H28N4O/c1-3-19-18(20-11-6-14-23-2)21-15-16-7-9-17(10-8-16)22-12-4-5-13-22/h4-5,7-10H,3,6,11-15H2,1-2H3,(H2,19,20,21). The summed E-state index contributed by atoms with van der Waals surface area (Å²) in [6.45, 7) is 7.25. The zero-order valence-electron chi connectivity index (χ0n) is 14.2. The number of nitrogens with one attached hydrogen (secondary N) is 2. The van der Waals surface area contributed by atoms with Crippen LogP contribution in [-0.4, -0.2) is 45.9 Å². The average Bonchev–Trinajstić information content (AvgIpc) is 3.11. The minimum Gasteiger partial charge on any atom is -0.385 e. The van der Waals surface area contributed by atoms with Crippen LogP contribution in [0.2, 0.25) is 0 Å². The second kappa shape index (κ2) is 9.90. The smallest absolute Gasteiger partial charge is 0.191 e. The summed E-state index contributed by atoms with van der Waals surface area (Å²) in [5, 5.41) is 6.59. The summed E-state index contributed by atoms with van der Waals surface area (Å²) in [5.41, 5.74) is 2.49. The molecule has 5 nitrogen and oxygen atoms in total.